The van der Waals surface area contributed by atoms with E-state index in [9.17, 15) is 13.2 Å². The number of hydrogen-bond acceptors (Lipinski definition) is 6. The summed E-state index contributed by atoms with van der Waals surface area (Å²) in [5.74, 6) is 0.164. The molecule has 2 aromatic rings. The van der Waals surface area contributed by atoms with E-state index in [2.05, 4.69) is 27.7 Å². The lowest BCUT2D eigenvalue weighted by Crippen LogP contribution is -2.48. The van der Waals surface area contributed by atoms with Crippen molar-refractivity contribution < 1.29 is 17.9 Å². The molecule has 3 heterocycles. The average molecular weight is 492 g/mol. The minimum Gasteiger partial charge on any atom is -0.373 e. The van der Waals surface area contributed by atoms with Crippen molar-refractivity contribution in [2.45, 2.75) is 50.3 Å². The van der Waals surface area contributed by atoms with Crippen molar-refractivity contribution in [3.8, 4) is 0 Å². The molecule has 2 aliphatic rings. The van der Waals surface area contributed by atoms with Gasteiger partial charge in [-0.05, 0) is 68.8 Å². The molecule has 1 aromatic carbocycles. The van der Waals surface area contributed by atoms with E-state index in [-0.39, 0.29) is 23.0 Å². The Kier molecular flexibility index (Phi) is 7.86. The number of nitrogens with one attached hydrogen (secondary N) is 1. The van der Waals surface area contributed by atoms with Crippen LogP contribution in [0.4, 0.5) is 0 Å². The lowest BCUT2D eigenvalue weighted by molar-refractivity contribution is -0.0440. The molecule has 2 fully saturated rings. The van der Waals surface area contributed by atoms with Crippen LogP contribution in [0.15, 0.2) is 46.7 Å². The topological polar surface area (TPSA) is 79.0 Å². The minimum absolute atomic E-state index is 0.149. The molecule has 0 spiro atoms. The quantitative estimate of drug-likeness (QED) is 0.644. The molecule has 9 heteroatoms. The van der Waals surface area contributed by atoms with E-state index in [4.69, 9.17) is 4.74 Å². The molecular formula is C24H33N3O4S2. The molecule has 2 saturated heterocycles. The Hall–Kier alpha value is -1.78. The molecule has 0 radical (unpaired) electrons. The van der Waals surface area contributed by atoms with Gasteiger partial charge in [-0.2, -0.15) is 4.31 Å². The van der Waals surface area contributed by atoms with Gasteiger partial charge in [-0.15, -0.1) is 11.3 Å². The number of benzene rings is 1. The molecule has 3 atom stereocenters. The zero-order valence-corrected chi connectivity index (χ0v) is 20.9. The van der Waals surface area contributed by atoms with Gasteiger partial charge in [0.1, 0.15) is 0 Å². The number of rotatable bonds is 7. The fourth-order valence-electron chi connectivity index (χ4n) is 4.70. The molecule has 7 nitrogen and oxygen atoms in total. The maximum Gasteiger partial charge on any atom is 0.251 e. The minimum atomic E-state index is -3.68. The van der Waals surface area contributed by atoms with Crippen LogP contribution < -0.4 is 5.32 Å². The van der Waals surface area contributed by atoms with Gasteiger partial charge >= 0.3 is 0 Å². The standard InChI is InChI=1S/C24H33N3O4S2/c1-18-14-27(15-19(2)31-18)33(29,30)23-9-3-7-21(12-23)24(28)25-13-20-6-4-10-26(16-20)17-22-8-5-11-32-22/h3,5,7-9,11-12,18-20H,4,6,10,13-17H2,1-2H3,(H,25,28). The Morgan fingerprint density at radius 3 is 2.67 bits per heavy atom. The summed E-state index contributed by atoms with van der Waals surface area (Å²) >= 11 is 1.78. The first-order valence-corrected chi connectivity index (χ1v) is 13.9. The summed E-state index contributed by atoms with van der Waals surface area (Å²) in [6.07, 6.45) is 1.88. The van der Waals surface area contributed by atoms with Crippen molar-refractivity contribution in [3.63, 3.8) is 0 Å². The number of sulfonamides is 1. The van der Waals surface area contributed by atoms with Crippen molar-refractivity contribution in [2.75, 3.05) is 32.7 Å². The first kappa shape index (κ1) is 24.3. The molecule has 33 heavy (non-hydrogen) atoms. The lowest BCUT2D eigenvalue weighted by atomic mass is 9.98. The fourth-order valence-corrected chi connectivity index (χ4v) is 7.08. The molecular weight excluding hydrogens is 458 g/mol. The number of ether oxygens (including phenoxy) is 1. The second-order valence-corrected chi connectivity index (χ2v) is 12.1. The van der Waals surface area contributed by atoms with Crippen LogP contribution in [-0.2, 0) is 21.3 Å². The van der Waals surface area contributed by atoms with Crippen LogP contribution in [0.1, 0.15) is 41.9 Å². The second-order valence-electron chi connectivity index (χ2n) is 9.14. The highest BCUT2D eigenvalue weighted by Crippen LogP contribution is 2.23. The van der Waals surface area contributed by atoms with E-state index < -0.39 is 10.0 Å². The SMILES string of the molecule is CC1CN(S(=O)(=O)c2cccc(C(=O)NCC3CCCN(Cc4cccs4)C3)c2)CC(C)O1. The van der Waals surface area contributed by atoms with Crippen molar-refractivity contribution in [3.05, 3.63) is 52.2 Å². The van der Waals surface area contributed by atoms with Crippen LogP contribution in [0, 0.1) is 5.92 Å². The van der Waals surface area contributed by atoms with Crippen LogP contribution in [0.3, 0.4) is 0 Å². The second kappa shape index (κ2) is 10.7. The smallest absolute Gasteiger partial charge is 0.251 e. The number of likely N-dealkylation sites (tertiary alicyclic amines) is 1. The van der Waals surface area contributed by atoms with Crippen LogP contribution in [0.25, 0.3) is 0 Å². The van der Waals surface area contributed by atoms with E-state index >= 15 is 0 Å². The predicted molar refractivity (Wildman–Crippen MR) is 130 cm³/mol. The first-order chi connectivity index (χ1) is 15.8. The number of amides is 1. The van der Waals surface area contributed by atoms with Gasteiger partial charge in [-0.3, -0.25) is 9.69 Å². The zero-order valence-electron chi connectivity index (χ0n) is 19.3. The molecule has 2 aliphatic heterocycles. The highest BCUT2D eigenvalue weighted by atomic mass is 32.2. The van der Waals surface area contributed by atoms with E-state index in [0.29, 0.717) is 31.1 Å². The first-order valence-electron chi connectivity index (χ1n) is 11.6. The Morgan fingerprint density at radius 2 is 1.94 bits per heavy atom. The summed E-state index contributed by atoms with van der Waals surface area (Å²) in [7, 11) is -3.68. The Morgan fingerprint density at radius 1 is 1.15 bits per heavy atom. The molecule has 0 saturated carbocycles. The summed E-state index contributed by atoms with van der Waals surface area (Å²) in [6.45, 7) is 7.96. The summed E-state index contributed by atoms with van der Waals surface area (Å²) in [4.78, 5) is 16.8. The highest BCUT2D eigenvalue weighted by molar-refractivity contribution is 7.89. The third kappa shape index (κ3) is 6.22. The summed E-state index contributed by atoms with van der Waals surface area (Å²) in [5.41, 5.74) is 0.372. The van der Waals surface area contributed by atoms with Gasteiger partial charge in [0.15, 0.2) is 0 Å². The summed E-state index contributed by atoms with van der Waals surface area (Å²) < 4.78 is 33.4. The van der Waals surface area contributed by atoms with E-state index in [1.165, 1.54) is 15.2 Å². The van der Waals surface area contributed by atoms with Gasteiger partial charge in [-0.1, -0.05) is 12.1 Å². The molecule has 0 bridgehead atoms. The van der Waals surface area contributed by atoms with Crippen LogP contribution in [-0.4, -0.2) is 68.5 Å². The predicted octanol–water partition coefficient (Wildman–Crippen LogP) is 3.19. The van der Waals surface area contributed by atoms with Gasteiger partial charge in [0.25, 0.3) is 5.91 Å². The number of morpholine rings is 1. The van der Waals surface area contributed by atoms with Gasteiger partial charge < -0.3 is 10.1 Å². The number of thiophene rings is 1. The zero-order chi connectivity index (χ0) is 23.4. The van der Waals surface area contributed by atoms with Crippen molar-refractivity contribution >= 4 is 27.3 Å². The fraction of sp³-hybridized carbons (Fsp3) is 0.542. The molecule has 0 aliphatic carbocycles. The van der Waals surface area contributed by atoms with Crippen molar-refractivity contribution in [2.24, 2.45) is 5.92 Å². The van der Waals surface area contributed by atoms with Gasteiger partial charge in [0.05, 0.1) is 17.1 Å². The average Bonchev–Trinajstić information content (AvgIpc) is 3.30. The number of hydrogen-bond donors (Lipinski definition) is 1. The Bertz CT molecular complexity index is 1030. The van der Waals surface area contributed by atoms with Gasteiger partial charge in [0.2, 0.25) is 10.0 Å². The molecule has 4 rings (SSSR count). The maximum absolute atomic E-state index is 13.2. The third-order valence-electron chi connectivity index (χ3n) is 6.23. The van der Waals surface area contributed by atoms with Gasteiger partial charge in [0, 0.05) is 43.2 Å². The molecule has 180 valence electrons. The molecule has 1 amide bonds. The summed E-state index contributed by atoms with van der Waals surface area (Å²) in [5, 5.41) is 5.13. The highest BCUT2D eigenvalue weighted by Gasteiger charge is 2.32. The van der Waals surface area contributed by atoms with Crippen molar-refractivity contribution in [1.82, 2.24) is 14.5 Å². The number of nitrogens with zero attached hydrogens (tertiary/aromatic N) is 2. The van der Waals surface area contributed by atoms with E-state index in [1.807, 2.05) is 13.8 Å². The molecule has 1 N–H and O–H groups in total. The van der Waals surface area contributed by atoms with E-state index in [0.717, 1.165) is 32.5 Å². The monoisotopic (exact) mass is 491 g/mol. The molecule has 3 unspecified atom stereocenters. The molecule has 1 aromatic heterocycles. The lowest BCUT2D eigenvalue weighted by Gasteiger charge is -2.34. The van der Waals surface area contributed by atoms with Crippen molar-refractivity contribution in [1.29, 1.82) is 0 Å². The number of carbonyl (C=O) groups excluding carboxylic acids is 1. The normalized spacial score (nSPS) is 25.1. The van der Waals surface area contributed by atoms with Crippen LogP contribution in [0.5, 0.6) is 0 Å². The van der Waals surface area contributed by atoms with Gasteiger partial charge in [-0.25, -0.2) is 8.42 Å². The maximum atomic E-state index is 13.2. The summed E-state index contributed by atoms with van der Waals surface area (Å²) in [6, 6.07) is 10.6. The Labute approximate surface area is 200 Å². The largest absolute Gasteiger partial charge is 0.373 e. The Balaban J connectivity index is 1.35. The van der Waals surface area contributed by atoms with E-state index in [1.54, 1.807) is 29.5 Å². The third-order valence-corrected chi connectivity index (χ3v) is 8.92. The van der Waals surface area contributed by atoms with Crippen LogP contribution in [0.2, 0.25) is 0 Å². The van der Waals surface area contributed by atoms with Crippen LogP contribution >= 0.6 is 11.3 Å². The number of carbonyl (C=O) groups is 1. The number of piperidine rings is 1.